The molecule has 0 saturated carbocycles. The number of hydrogen-bond donors (Lipinski definition) is 1. The maximum Gasteiger partial charge on any atom is 0.0575 e. The standard InChI is InChI=1S/C12H25NO/c1-10(2)9-11(13)6-7-12-5-3-4-8-14-12/h10-12H,3-9,13H2,1-2H3. The molecule has 84 valence electrons. The zero-order valence-corrected chi connectivity index (χ0v) is 9.67. The van der Waals surface area contributed by atoms with Gasteiger partial charge in [0.25, 0.3) is 0 Å². The quantitative estimate of drug-likeness (QED) is 0.739. The van der Waals surface area contributed by atoms with Gasteiger partial charge in [0.15, 0.2) is 0 Å². The van der Waals surface area contributed by atoms with E-state index in [0.29, 0.717) is 12.1 Å². The Hall–Kier alpha value is -0.0800. The summed E-state index contributed by atoms with van der Waals surface area (Å²) in [5, 5.41) is 0. The summed E-state index contributed by atoms with van der Waals surface area (Å²) in [5.41, 5.74) is 6.04. The third-order valence-electron chi connectivity index (χ3n) is 2.91. The first-order valence-electron chi connectivity index (χ1n) is 6.05. The van der Waals surface area contributed by atoms with Crippen molar-refractivity contribution >= 4 is 0 Å². The lowest BCUT2D eigenvalue weighted by atomic mass is 9.97. The Kier molecular flexibility index (Phi) is 5.49. The molecule has 1 saturated heterocycles. The smallest absolute Gasteiger partial charge is 0.0575 e. The first kappa shape index (κ1) is 12.0. The average Bonchev–Trinajstić information content (AvgIpc) is 2.15. The molecule has 2 unspecified atom stereocenters. The predicted octanol–water partition coefficient (Wildman–Crippen LogP) is 2.71. The van der Waals surface area contributed by atoms with E-state index in [0.717, 1.165) is 31.8 Å². The average molecular weight is 199 g/mol. The molecule has 0 aromatic rings. The van der Waals surface area contributed by atoms with Crippen LogP contribution >= 0.6 is 0 Å². The Bertz CT molecular complexity index is 141. The Labute approximate surface area is 88.2 Å². The highest BCUT2D eigenvalue weighted by atomic mass is 16.5. The maximum absolute atomic E-state index is 6.04. The molecule has 0 aromatic heterocycles. The van der Waals surface area contributed by atoms with E-state index in [-0.39, 0.29) is 0 Å². The molecule has 1 rings (SSSR count). The van der Waals surface area contributed by atoms with Crippen molar-refractivity contribution in [3.63, 3.8) is 0 Å². The van der Waals surface area contributed by atoms with E-state index >= 15 is 0 Å². The molecule has 0 aliphatic carbocycles. The van der Waals surface area contributed by atoms with E-state index in [1.165, 1.54) is 19.3 Å². The molecule has 2 N–H and O–H groups in total. The Morgan fingerprint density at radius 3 is 2.71 bits per heavy atom. The summed E-state index contributed by atoms with van der Waals surface area (Å²) in [6.07, 6.45) is 7.76. The zero-order chi connectivity index (χ0) is 10.4. The first-order chi connectivity index (χ1) is 6.68. The lowest BCUT2D eigenvalue weighted by Gasteiger charge is -2.24. The topological polar surface area (TPSA) is 35.2 Å². The fourth-order valence-electron chi connectivity index (χ4n) is 2.16. The van der Waals surface area contributed by atoms with Crippen LogP contribution in [0.2, 0.25) is 0 Å². The van der Waals surface area contributed by atoms with Gasteiger partial charge in [-0.25, -0.2) is 0 Å². The summed E-state index contributed by atoms with van der Waals surface area (Å²) in [6.45, 7) is 5.43. The summed E-state index contributed by atoms with van der Waals surface area (Å²) in [4.78, 5) is 0. The molecule has 0 bridgehead atoms. The third-order valence-corrected chi connectivity index (χ3v) is 2.91. The molecule has 1 aliphatic rings. The van der Waals surface area contributed by atoms with Crippen LogP contribution in [0.4, 0.5) is 0 Å². The fourth-order valence-corrected chi connectivity index (χ4v) is 2.16. The molecule has 1 fully saturated rings. The minimum Gasteiger partial charge on any atom is -0.378 e. The van der Waals surface area contributed by atoms with Gasteiger partial charge in [-0.15, -0.1) is 0 Å². The fraction of sp³-hybridized carbons (Fsp3) is 1.00. The second kappa shape index (κ2) is 6.41. The lowest BCUT2D eigenvalue weighted by Crippen LogP contribution is -2.26. The summed E-state index contributed by atoms with van der Waals surface area (Å²) < 4.78 is 5.68. The Morgan fingerprint density at radius 1 is 1.36 bits per heavy atom. The highest BCUT2D eigenvalue weighted by molar-refractivity contribution is 4.69. The van der Waals surface area contributed by atoms with Crippen LogP contribution in [0, 0.1) is 5.92 Å². The van der Waals surface area contributed by atoms with Gasteiger partial charge in [0.2, 0.25) is 0 Å². The van der Waals surface area contributed by atoms with Crippen LogP contribution in [0.15, 0.2) is 0 Å². The number of nitrogens with two attached hydrogens (primary N) is 1. The van der Waals surface area contributed by atoms with Gasteiger partial charge in [0, 0.05) is 12.6 Å². The van der Waals surface area contributed by atoms with E-state index in [4.69, 9.17) is 10.5 Å². The third kappa shape index (κ3) is 4.97. The Morgan fingerprint density at radius 2 is 2.14 bits per heavy atom. The van der Waals surface area contributed by atoms with Gasteiger partial charge >= 0.3 is 0 Å². The molecular weight excluding hydrogens is 174 g/mol. The van der Waals surface area contributed by atoms with Crippen LogP contribution in [0.5, 0.6) is 0 Å². The SMILES string of the molecule is CC(C)CC(N)CCC1CCCCO1. The molecule has 0 radical (unpaired) electrons. The van der Waals surface area contributed by atoms with E-state index in [1.54, 1.807) is 0 Å². The van der Waals surface area contributed by atoms with Crippen LogP contribution in [0.3, 0.4) is 0 Å². The van der Waals surface area contributed by atoms with E-state index in [2.05, 4.69) is 13.8 Å². The first-order valence-corrected chi connectivity index (χ1v) is 6.05. The molecule has 14 heavy (non-hydrogen) atoms. The van der Waals surface area contributed by atoms with Crippen LogP contribution in [0.25, 0.3) is 0 Å². The summed E-state index contributed by atoms with van der Waals surface area (Å²) in [7, 11) is 0. The van der Waals surface area contributed by atoms with Crippen molar-refractivity contribution in [2.75, 3.05) is 6.61 Å². The predicted molar refractivity (Wildman–Crippen MR) is 60.3 cm³/mol. The summed E-state index contributed by atoms with van der Waals surface area (Å²) in [5.74, 6) is 0.720. The summed E-state index contributed by atoms with van der Waals surface area (Å²) >= 11 is 0. The highest BCUT2D eigenvalue weighted by Gasteiger charge is 2.15. The molecule has 1 aliphatic heterocycles. The van der Waals surface area contributed by atoms with Crippen molar-refractivity contribution in [1.29, 1.82) is 0 Å². The Balaban J connectivity index is 2.06. The molecule has 1 heterocycles. The minimum atomic E-state index is 0.375. The van der Waals surface area contributed by atoms with Crippen LogP contribution in [-0.2, 0) is 4.74 Å². The van der Waals surface area contributed by atoms with Crippen molar-refractivity contribution in [2.45, 2.75) is 64.5 Å². The van der Waals surface area contributed by atoms with E-state index in [9.17, 15) is 0 Å². The van der Waals surface area contributed by atoms with Gasteiger partial charge in [-0.2, -0.15) is 0 Å². The van der Waals surface area contributed by atoms with Gasteiger partial charge in [-0.1, -0.05) is 13.8 Å². The monoisotopic (exact) mass is 199 g/mol. The minimum absolute atomic E-state index is 0.375. The molecule has 2 nitrogen and oxygen atoms in total. The number of ether oxygens (including phenoxy) is 1. The van der Waals surface area contributed by atoms with E-state index < -0.39 is 0 Å². The van der Waals surface area contributed by atoms with Gasteiger partial charge in [-0.05, 0) is 44.4 Å². The maximum atomic E-state index is 6.04. The zero-order valence-electron chi connectivity index (χ0n) is 9.67. The van der Waals surface area contributed by atoms with Gasteiger partial charge in [0.1, 0.15) is 0 Å². The van der Waals surface area contributed by atoms with Crippen molar-refractivity contribution in [3.8, 4) is 0 Å². The number of rotatable bonds is 5. The molecule has 2 atom stereocenters. The number of hydrogen-bond acceptors (Lipinski definition) is 2. The van der Waals surface area contributed by atoms with Crippen molar-refractivity contribution in [2.24, 2.45) is 11.7 Å². The van der Waals surface area contributed by atoms with Crippen LogP contribution in [0.1, 0.15) is 52.4 Å². The second-order valence-corrected chi connectivity index (χ2v) is 4.96. The molecular formula is C12H25NO. The molecule has 2 heteroatoms. The van der Waals surface area contributed by atoms with Crippen LogP contribution in [-0.4, -0.2) is 18.8 Å². The molecule has 0 aromatic carbocycles. The largest absolute Gasteiger partial charge is 0.378 e. The van der Waals surface area contributed by atoms with Gasteiger partial charge in [0.05, 0.1) is 6.10 Å². The summed E-state index contributed by atoms with van der Waals surface area (Å²) in [6, 6.07) is 0.375. The van der Waals surface area contributed by atoms with Crippen molar-refractivity contribution < 1.29 is 4.74 Å². The lowest BCUT2D eigenvalue weighted by molar-refractivity contribution is 0.00888. The van der Waals surface area contributed by atoms with Gasteiger partial charge < -0.3 is 10.5 Å². The van der Waals surface area contributed by atoms with Crippen molar-refractivity contribution in [3.05, 3.63) is 0 Å². The molecule has 0 amide bonds. The van der Waals surface area contributed by atoms with Crippen molar-refractivity contribution in [1.82, 2.24) is 0 Å². The highest BCUT2D eigenvalue weighted by Crippen LogP contribution is 2.18. The molecule has 0 spiro atoms. The second-order valence-electron chi connectivity index (χ2n) is 4.96. The van der Waals surface area contributed by atoms with Gasteiger partial charge in [-0.3, -0.25) is 0 Å². The van der Waals surface area contributed by atoms with Crippen LogP contribution < -0.4 is 5.73 Å². The normalized spacial score (nSPS) is 25.3. The van der Waals surface area contributed by atoms with E-state index in [1.807, 2.05) is 0 Å².